The molecule has 2 atom stereocenters. The van der Waals surface area contributed by atoms with Crippen molar-refractivity contribution in [1.29, 1.82) is 0 Å². The SMILES string of the molecule is CC(C)(C)[Si](C)(C)OCCOCC(COCCO[Si](C)(C)C(C)(C)C)OCCOC(=O)CC1C2CCC#CCCC21. The lowest BCUT2D eigenvalue weighted by Gasteiger charge is -2.36. The first-order valence-electron chi connectivity index (χ1n) is 15.7. The zero-order valence-electron chi connectivity index (χ0n) is 27.9. The number of carbonyl (C=O) groups excluding carboxylic acids is 1. The van der Waals surface area contributed by atoms with E-state index in [1.807, 2.05) is 0 Å². The number of carbonyl (C=O) groups is 1. The molecule has 0 aromatic rings. The van der Waals surface area contributed by atoms with Crippen molar-refractivity contribution in [3.63, 3.8) is 0 Å². The summed E-state index contributed by atoms with van der Waals surface area (Å²) < 4.78 is 35.9. The fraction of sp³-hybridized carbons (Fsp3) is 0.906. The minimum Gasteiger partial charge on any atom is -0.463 e. The van der Waals surface area contributed by atoms with E-state index in [2.05, 4.69) is 79.6 Å². The van der Waals surface area contributed by atoms with E-state index in [0.29, 0.717) is 70.4 Å². The number of hydrogen-bond donors (Lipinski definition) is 0. The Hall–Kier alpha value is -0.736. The molecule has 2 aliphatic rings. The summed E-state index contributed by atoms with van der Waals surface area (Å²) in [6.45, 7) is 25.9. The summed E-state index contributed by atoms with van der Waals surface area (Å²) in [7, 11) is -3.60. The smallest absolute Gasteiger partial charge is 0.306 e. The van der Waals surface area contributed by atoms with Crippen LogP contribution in [0.1, 0.15) is 73.6 Å². The van der Waals surface area contributed by atoms with E-state index >= 15 is 0 Å². The van der Waals surface area contributed by atoms with Crippen molar-refractivity contribution in [3.05, 3.63) is 0 Å². The lowest BCUT2D eigenvalue weighted by atomic mass is 10.1. The van der Waals surface area contributed by atoms with Crippen LogP contribution in [0.4, 0.5) is 0 Å². The molecule has 1 saturated carbocycles. The van der Waals surface area contributed by atoms with Gasteiger partial charge in [-0.15, -0.1) is 11.8 Å². The van der Waals surface area contributed by atoms with Gasteiger partial charge >= 0.3 is 5.97 Å². The topological polar surface area (TPSA) is 72.5 Å². The van der Waals surface area contributed by atoms with Gasteiger partial charge in [0.2, 0.25) is 0 Å². The van der Waals surface area contributed by atoms with Crippen molar-refractivity contribution in [1.82, 2.24) is 0 Å². The Morgan fingerprint density at radius 3 is 1.63 bits per heavy atom. The predicted molar refractivity (Wildman–Crippen MR) is 170 cm³/mol. The predicted octanol–water partition coefficient (Wildman–Crippen LogP) is 6.82. The van der Waals surface area contributed by atoms with Crippen LogP contribution in [0.5, 0.6) is 0 Å². The van der Waals surface area contributed by atoms with Gasteiger partial charge in [0.25, 0.3) is 0 Å². The van der Waals surface area contributed by atoms with E-state index in [-0.39, 0.29) is 28.8 Å². The maximum atomic E-state index is 12.5. The first kappa shape index (κ1) is 36.5. The number of hydrogen-bond acceptors (Lipinski definition) is 7. The van der Waals surface area contributed by atoms with E-state index in [1.165, 1.54) is 0 Å². The lowest BCUT2D eigenvalue weighted by molar-refractivity contribution is -0.147. The van der Waals surface area contributed by atoms with Gasteiger partial charge in [-0.25, -0.2) is 0 Å². The molecule has 0 spiro atoms. The highest BCUT2D eigenvalue weighted by atomic mass is 28.4. The summed E-state index contributed by atoms with van der Waals surface area (Å²) in [5, 5.41) is 0.335. The molecule has 9 heteroatoms. The quantitative estimate of drug-likeness (QED) is 0.0728. The molecular formula is C32H60O7Si2. The van der Waals surface area contributed by atoms with Gasteiger partial charge in [0.1, 0.15) is 12.7 Å². The lowest BCUT2D eigenvalue weighted by Crippen LogP contribution is -2.42. The van der Waals surface area contributed by atoms with Gasteiger partial charge < -0.3 is 27.8 Å². The third-order valence-corrected chi connectivity index (χ3v) is 18.6. The second-order valence-electron chi connectivity index (χ2n) is 14.7. The van der Waals surface area contributed by atoms with Crippen LogP contribution in [0.2, 0.25) is 36.3 Å². The fourth-order valence-electron chi connectivity index (χ4n) is 4.68. The van der Waals surface area contributed by atoms with E-state index in [1.54, 1.807) is 0 Å². The van der Waals surface area contributed by atoms with Gasteiger partial charge in [0.15, 0.2) is 16.6 Å². The Balaban J connectivity index is 1.71. The van der Waals surface area contributed by atoms with Crippen LogP contribution in [0, 0.1) is 29.6 Å². The van der Waals surface area contributed by atoms with Crippen molar-refractivity contribution in [2.24, 2.45) is 17.8 Å². The average molecular weight is 613 g/mol. The monoisotopic (exact) mass is 612 g/mol. The molecule has 7 nitrogen and oxygen atoms in total. The van der Waals surface area contributed by atoms with E-state index < -0.39 is 16.6 Å². The van der Waals surface area contributed by atoms with Crippen LogP contribution in [-0.2, 0) is 32.6 Å². The second-order valence-corrected chi connectivity index (χ2v) is 24.3. The zero-order chi connectivity index (χ0) is 30.7. The standard InChI is InChI=1S/C32H60O7Si2/c1-31(2,3)40(7,8)38-21-17-34-24-26(25-35-18-22-39-41(9,10)32(4,5)6)36-19-20-37-30(33)23-29-27-15-13-11-12-14-16-28(27)29/h26-29H,13-25H2,1-10H3. The Labute approximate surface area is 253 Å². The molecule has 1 fully saturated rings. The Bertz CT molecular complexity index is 797. The molecule has 2 aliphatic carbocycles. The molecule has 0 amide bonds. The molecule has 0 saturated heterocycles. The zero-order valence-corrected chi connectivity index (χ0v) is 29.9. The van der Waals surface area contributed by atoms with Crippen molar-refractivity contribution in [2.45, 2.75) is 116 Å². The number of ether oxygens (including phenoxy) is 4. The van der Waals surface area contributed by atoms with E-state index in [4.69, 9.17) is 27.8 Å². The Morgan fingerprint density at radius 2 is 1.20 bits per heavy atom. The number of esters is 1. The second kappa shape index (κ2) is 16.4. The minimum atomic E-state index is -1.80. The van der Waals surface area contributed by atoms with E-state index in [9.17, 15) is 4.79 Å². The summed E-state index contributed by atoms with van der Waals surface area (Å²) in [5.74, 6) is 8.08. The molecule has 0 aliphatic heterocycles. The van der Waals surface area contributed by atoms with Gasteiger partial charge in [0, 0.05) is 19.3 Å². The molecular weight excluding hydrogens is 553 g/mol. The third kappa shape index (κ3) is 12.8. The maximum Gasteiger partial charge on any atom is 0.306 e. The van der Waals surface area contributed by atoms with Crippen molar-refractivity contribution < 1.29 is 32.6 Å². The van der Waals surface area contributed by atoms with Crippen LogP contribution in [0.3, 0.4) is 0 Å². The van der Waals surface area contributed by atoms with Crippen molar-refractivity contribution in [3.8, 4) is 11.8 Å². The van der Waals surface area contributed by atoms with Gasteiger partial charge in [-0.1, -0.05) is 41.5 Å². The summed E-state index contributed by atoms with van der Waals surface area (Å²) >= 11 is 0. The molecule has 0 N–H and O–H groups in total. The fourth-order valence-corrected chi connectivity index (χ4v) is 6.73. The van der Waals surface area contributed by atoms with Crippen molar-refractivity contribution in [2.75, 3.05) is 52.9 Å². The highest BCUT2D eigenvalue weighted by molar-refractivity contribution is 6.74. The molecule has 0 aromatic carbocycles. The van der Waals surface area contributed by atoms with Gasteiger partial charge in [-0.2, -0.15) is 0 Å². The summed E-state index contributed by atoms with van der Waals surface area (Å²) in [6, 6.07) is 0. The summed E-state index contributed by atoms with van der Waals surface area (Å²) in [4.78, 5) is 12.5. The molecule has 2 rings (SSSR count). The summed E-state index contributed by atoms with van der Waals surface area (Å²) in [6.07, 6.45) is 4.39. The normalized spacial score (nSPS) is 21.5. The van der Waals surface area contributed by atoms with Crippen LogP contribution in [-0.4, -0.2) is 81.6 Å². The first-order valence-corrected chi connectivity index (χ1v) is 21.5. The number of fused-ring (bicyclic) bond motifs is 1. The summed E-state index contributed by atoms with van der Waals surface area (Å²) in [5.41, 5.74) is 0. The molecule has 238 valence electrons. The largest absolute Gasteiger partial charge is 0.463 e. The van der Waals surface area contributed by atoms with E-state index in [0.717, 1.165) is 25.7 Å². The first-order chi connectivity index (χ1) is 19.1. The highest BCUT2D eigenvalue weighted by Gasteiger charge is 2.49. The van der Waals surface area contributed by atoms with Crippen LogP contribution >= 0.6 is 0 Å². The van der Waals surface area contributed by atoms with Gasteiger partial charge in [0.05, 0.1) is 46.2 Å². The Kier molecular flexibility index (Phi) is 14.6. The van der Waals surface area contributed by atoms with Crippen LogP contribution in [0.25, 0.3) is 0 Å². The minimum absolute atomic E-state index is 0.124. The molecule has 0 heterocycles. The highest BCUT2D eigenvalue weighted by Crippen LogP contribution is 2.54. The number of rotatable bonds is 18. The molecule has 41 heavy (non-hydrogen) atoms. The van der Waals surface area contributed by atoms with Crippen LogP contribution < -0.4 is 0 Å². The maximum absolute atomic E-state index is 12.5. The molecule has 0 aromatic heterocycles. The van der Waals surface area contributed by atoms with Gasteiger partial charge in [-0.3, -0.25) is 4.79 Å². The van der Waals surface area contributed by atoms with Crippen LogP contribution in [0.15, 0.2) is 0 Å². The molecule has 0 radical (unpaired) electrons. The third-order valence-electron chi connectivity index (χ3n) is 9.54. The molecule has 0 bridgehead atoms. The molecule has 2 unspecified atom stereocenters. The average Bonchev–Trinajstić information content (AvgIpc) is 3.46. The van der Waals surface area contributed by atoms with Gasteiger partial charge in [-0.05, 0) is 66.9 Å². The van der Waals surface area contributed by atoms with Crippen molar-refractivity contribution >= 4 is 22.6 Å². The Morgan fingerprint density at radius 1 is 0.732 bits per heavy atom.